The molecule has 9 nitrogen and oxygen atoms in total. The van der Waals surface area contributed by atoms with Crippen LogP contribution >= 0.6 is 15.9 Å². The van der Waals surface area contributed by atoms with Crippen LogP contribution in [0.25, 0.3) is 5.69 Å². The van der Waals surface area contributed by atoms with Gasteiger partial charge in [0.05, 0.1) is 21.9 Å². The molecule has 1 aliphatic rings. The predicted molar refractivity (Wildman–Crippen MR) is 110 cm³/mol. The van der Waals surface area contributed by atoms with Crippen molar-refractivity contribution in [3.05, 3.63) is 75.3 Å². The van der Waals surface area contributed by atoms with Crippen molar-refractivity contribution in [3.63, 3.8) is 0 Å². The van der Waals surface area contributed by atoms with Crippen LogP contribution in [0.5, 0.6) is 0 Å². The molecule has 148 valence electrons. The van der Waals surface area contributed by atoms with E-state index in [1.165, 1.54) is 24.8 Å². The molecular weight excluding hydrogens is 440 g/mol. The minimum absolute atomic E-state index is 0.000177. The number of nitro groups is 1. The summed E-state index contributed by atoms with van der Waals surface area (Å²) in [5.74, 6) is -0.0140. The molecule has 3 aromatic rings. The molecule has 4 rings (SSSR count). The van der Waals surface area contributed by atoms with Crippen LogP contribution in [0.2, 0.25) is 0 Å². The number of benzene rings is 2. The Morgan fingerprint density at radius 2 is 1.69 bits per heavy atom. The number of piperazine rings is 1. The molecule has 2 aromatic carbocycles. The second-order valence-corrected chi connectivity index (χ2v) is 7.41. The number of nitrogens with zero attached hydrogens (tertiary/aromatic N) is 6. The third-order valence-electron chi connectivity index (χ3n) is 4.88. The fourth-order valence-electron chi connectivity index (χ4n) is 3.38. The minimum atomic E-state index is -0.425. The summed E-state index contributed by atoms with van der Waals surface area (Å²) in [6, 6.07) is 12.1. The molecule has 0 unspecified atom stereocenters. The maximum Gasteiger partial charge on any atom is 0.271 e. The summed E-state index contributed by atoms with van der Waals surface area (Å²) in [5, 5.41) is 18.8. The predicted octanol–water partition coefficient (Wildman–Crippen LogP) is 2.90. The Morgan fingerprint density at radius 3 is 2.34 bits per heavy atom. The number of amides is 1. The van der Waals surface area contributed by atoms with Crippen molar-refractivity contribution in [1.82, 2.24) is 19.7 Å². The molecule has 1 aromatic heterocycles. The highest BCUT2D eigenvalue weighted by Gasteiger charge is 2.25. The van der Waals surface area contributed by atoms with Gasteiger partial charge in [0.15, 0.2) is 0 Å². The Morgan fingerprint density at radius 1 is 1.00 bits per heavy atom. The zero-order chi connectivity index (χ0) is 20.4. The van der Waals surface area contributed by atoms with Crippen LogP contribution in [-0.2, 0) is 0 Å². The second kappa shape index (κ2) is 8.00. The Balaban J connectivity index is 1.55. The summed E-state index contributed by atoms with van der Waals surface area (Å²) < 4.78 is 2.43. The van der Waals surface area contributed by atoms with Crippen LogP contribution in [0, 0.1) is 10.1 Å². The van der Waals surface area contributed by atoms with E-state index in [1.807, 2.05) is 23.1 Å². The number of rotatable bonds is 4. The molecule has 29 heavy (non-hydrogen) atoms. The fourth-order valence-corrected chi connectivity index (χ4v) is 3.83. The number of halogens is 1. The maximum atomic E-state index is 12.8. The lowest BCUT2D eigenvalue weighted by Gasteiger charge is -2.37. The van der Waals surface area contributed by atoms with Gasteiger partial charge in [-0.05, 0) is 34.1 Å². The molecule has 1 aliphatic heterocycles. The summed E-state index contributed by atoms with van der Waals surface area (Å²) in [6.07, 6.45) is 3.02. The average molecular weight is 457 g/mol. The number of carbonyl (C=O) groups excluding carboxylic acids is 1. The van der Waals surface area contributed by atoms with Gasteiger partial charge in [-0.15, -0.1) is 10.2 Å². The van der Waals surface area contributed by atoms with Crippen molar-refractivity contribution in [2.24, 2.45) is 0 Å². The zero-order valence-electron chi connectivity index (χ0n) is 15.3. The van der Waals surface area contributed by atoms with Crippen molar-refractivity contribution in [3.8, 4) is 5.69 Å². The quantitative estimate of drug-likeness (QED) is 0.442. The van der Waals surface area contributed by atoms with Crippen LogP contribution in [0.4, 0.5) is 11.4 Å². The first-order valence-corrected chi connectivity index (χ1v) is 9.76. The number of hydrogen-bond donors (Lipinski definition) is 0. The number of hydrogen-bond acceptors (Lipinski definition) is 6. The lowest BCUT2D eigenvalue weighted by molar-refractivity contribution is -0.384. The first-order chi connectivity index (χ1) is 14.0. The number of carbonyl (C=O) groups is 1. The van der Waals surface area contributed by atoms with Crippen molar-refractivity contribution in [2.45, 2.75) is 0 Å². The molecule has 0 aliphatic carbocycles. The maximum absolute atomic E-state index is 12.8. The van der Waals surface area contributed by atoms with Crippen LogP contribution in [0.15, 0.2) is 59.6 Å². The van der Waals surface area contributed by atoms with E-state index in [1.54, 1.807) is 16.7 Å². The van der Waals surface area contributed by atoms with E-state index in [0.717, 1.165) is 10.2 Å². The Kier molecular flexibility index (Phi) is 5.26. The summed E-state index contributed by atoms with van der Waals surface area (Å²) in [5.41, 5.74) is 2.11. The molecular formula is C19H17BrN6O3. The molecule has 0 saturated carbocycles. The third-order valence-corrected chi connectivity index (χ3v) is 5.57. The molecule has 0 N–H and O–H groups in total. The minimum Gasteiger partial charge on any atom is -0.366 e. The highest BCUT2D eigenvalue weighted by Crippen LogP contribution is 2.30. The van der Waals surface area contributed by atoms with E-state index < -0.39 is 4.92 Å². The average Bonchev–Trinajstić information content (AvgIpc) is 3.28. The molecule has 2 heterocycles. The Bertz CT molecular complexity index is 1050. The monoisotopic (exact) mass is 456 g/mol. The van der Waals surface area contributed by atoms with Gasteiger partial charge in [-0.25, -0.2) is 0 Å². The van der Waals surface area contributed by atoms with Gasteiger partial charge in [-0.2, -0.15) is 0 Å². The first kappa shape index (κ1) is 19.1. The third kappa shape index (κ3) is 3.83. The lowest BCUT2D eigenvalue weighted by atomic mass is 10.1. The number of nitro benzene ring substituents is 1. The first-order valence-electron chi connectivity index (χ1n) is 8.97. The Labute approximate surface area is 174 Å². The number of aromatic nitrogens is 3. The smallest absolute Gasteiger partial charge is 0.271 e. The highest BCUT2D eigenvalue weighted by molar-refractivity contribution is 9.10. The molecule has 0 spiro atoms. The zero-order valence-corrected chi connectivity index (χ0v) is 16.9. The van der Waals surface area contributed by atoms with Crippen LogP contribution in [0.1, 0.15) is 10.4 Å². The standard InChI is InChI=1S/C19H17BrN6O3/c20-16-4-2-1-3-15(16)19(27)24-9-7-23(8-10-24)17-6-5-14(26(28)29)11-18(17)25-12-21-22-13-25/h1-6,11-13H,7-10H2. The van der Waals surface area contributed by atoms with Gasteiger partial charge in [0.1, 0.15) is 12.7 Å². The van der Waals surface area contributed by atoms with Crippen LogP contribution in [-0.4, -0.2) is 56.7 Å². The molecule has 1 amide bonds. The number of non-ortho nitro benzene ring substituents is 1. The molecule has 1 fully saturated rings. The van der Waals surface area contributed by atoms with Gasteiger partial charge < -0.3 is 9.80 Å². The van der Waals surface area contributed by atoms with Crippen molar-refractivity contribution >= 4 is 33.2 Å². The van der Waals surface area contributed by atoms with Gasteiger partial charge in [-0.1, -0.05) is 12.1 Å². The molecule has 0 atom stereocenters. The van der Waals surface area contributed by atoms with Crippen LogP contribution < -0.4 is 4.90 Å². The molecule has 0 bridgehead atoms. The van der Waals surface area contributed by atoms with E-state index in [-0.39, 0.29) is 11.6 Å². The molecule has 1 saturated heterocycles. The highest BCUT2D eigenvalue weighted by atomic mass is 79.9. The fraction of sp³-hybridized carbons (Fsp3) is 0.211. The summed E-state index contributed by atoms with van der Waals surface area (Å²) >= 11 is 3.43. The Hall–Kier alpha value is -3.27. The lowest BCUT2D eigenvalue weighted by Crippen LogP contribution is -2.49. The molecule has 10 heteroatoms. The molecule has 0 radical (unpaired) electrons. The van der Waals surface area contributed by atoms with Gasteiger partial charge in [0, 0.05) is 42.8 Å². The van der Waals surface area contributed by atoms with Gasteiger partial charge in [-0.3, -0.25) is 19.5 Å². The normalized spacial score (nSPS) is 14.1. The topological polar surface area (TPSA) is 97.4 Å². The SMILES string of the molecule is O=C(c1ccccc1Br)N1CCN(c2ccc([N+](=O)[O-])cc2-n2cnnc2)CC1. The van der Waals surface area contributed by atoms with Gasteiger partial charge in [0.25, 0.3) is 11.6 Å². The van der Waals surface area contributed by atoms with E-state index in [4.69, 9.17) is 0 Å². The van der Waals surface area contributed by atoms with E-state index >= 15 is 0 Å². The van der Waals surface area contributed by atoms with E-state index in [9.17, 15) is 14.9 Å². The van der Waals surface area contributed by atoms with E-state index in [2.05, 4.69) is 31.0 Å². The summed E-state index contributed by atoms with van der Waals surface area (Å²) in [6.45, 7) is 2.34. The van der Waals surface area contributed by atoms with Crippen molar-refractivity contribution in [2.75, 3.05) is 31.1 Å². The summed E-state index contributed by atoms with van der Waals surface area (Å²) in [4.78, 5) is 27.5. The van der Waals surface area contributed by atoms with Crippen molar-refractivity contribution < 1.29 is 9.72 Å². The van der Waals surface area contributed by atoms with Gasteiger partial charge >= 0.3 is 0 Å². The largest absolute Gasteiger partial charge is 0.366 e. The van der Waals surface area contributed by atoms with Gasteiger partial charge in [0.2, 0.25) is 0 Å². The van der Waals surface area contributed by atoms with Crippen LogP contribution in [0.3, 0.4) is 0 Å². The second-order valence-electron chi connectivity index (χ2n) is 6.56. The number of anilines is 1. The summed E-state index contributed by atoms with van der Waals surface area (Å²) in [7, 11) is 0. The van der Waals surface area contributed by atoms with E-state index in [0.29, 0.717) is 37.4 Å². The van der Waals surface area contributed by atoms with Crippen molar-refractivity contribution in [1.29, 1.82) is 0 Å².